The third-order valence-corrected chi connectivity index (χ3v) is 8.62. The maximum Gasteiger partial charge on any atom is 0.318 e. The van der Waals surface area contributed by atoms with Gasteiger partial charge >= 0.3 is 5.97 Å². The molecule has 2 heterocycles. The summed E-state index contributed by atoms with van der Waals surface area (Å²) in [6, 6.07) is 5.66. The molecular weight excluding hydrogens is 517 g/mol. The van der Waals surface area contributed by atoms with E-state index < -0.39 is 5.41 Å². The molecule has 0 bridgehead atoms. The molecule has 1 aliphatic heterocycles. The van der Waals surface area contributed by atoms with Gasteiger partial charge in [-0.3, -0.25) is 14.5 Å². The molecule has 1 amide bonds. The molecule has 7 nitrogen and oxygen atoms in total. The predicted octanol–water partition coefficient (Wildman–Crippen LogP) is 4.15. The van der Waals surface area contributed by atoms with Crippen LogP contribution in [0.2, 0.25) is 10.0 Å². The van der Waals surface area contributed by atoms with E-state index in [4.69, 9.17) is 32.7 Å². The summed E-state index contributed by atoms with van der Waals surface area (Å²) in [5, 5.41) is 5.96. The molecule has 2 aliphatic rings. The predicted molar refractivity (Wildman–Crippen MR) is 135 cm³/mol. The fourth-order valence-corrected chi connectivity index (χ4v) is 5.93. The summed E-state index contributed by atoms with van der Waals surface area (Å²) in [5.41, 5.74) is 1.28. The third kappa shape index (κ3) is 6.44. The van der Waals surface area contributed by atoms with Gasteiger partial charge in [0.2, 0.25) is 5.91 Å². The van der Waals surface area contributed by atoms with Crippen molar-refractivity contribution in [2.45, 2.75) is 42.2 Å². The molecular formula is C23H27Cl2N3O4S2. The van der Waals surface area contributed by atoms with Crippen LogP contribution >= 0.6 is 46.3 Å². The van der Waals surface area contributed by atoms with E-state index in [9.17, 15) is 9.59 Å². The average Bonchev–Trinajstić information content (AvgIpc) is 3.50. The first-order valence-electron chi connectivity index (χ1n) is 11.2. The normalized spacial score (nSPS) is 19.6. The minimum atomic E-state index is -0.574. The molecule has 1 N–H and O–H groups in total. The number of rotatable bonds is 10. The molecule has 184 valence electrons. The zero-order valence-electron chi connectivity index (χ0n) is 18.9. The Morgan fingerprint density at radius 1 is 1.35 bits per heavy atom. The number of benzene rings is 1. The number of thioether (sulfide) groups is 1. The molecule has 1 atom stereocenters. The number of hydrogen-bond acceptors (Lipinski definition) is 8. The molecule has 34 heavy (non-hydrogen) atoms. The van der Waals surface area contributed by atoms with Crippen molar-refractivity contribution in [3.63, 3.8) is 0 Å². The molecule has 11 heteroatoms. The first-order valence-corrected chi connectivity index (χ1v) is 13.8. The van der Waals surface area contributed by atoms with E-state index in [-0.39, 0.29) is 23.7 Å². The second-order valence-electron chi connectivity index (χ2n) is 8.37. The highest BCUT2D eigenvalue weighted by molar-refractivity contribution is 8.01. The van der Waals surface area contributed by atoms with Crippen molar-refractivity contribution in [1.82, 2.24) is 15.2 Å². The standard InChI is InChI=1S/C23H27Cl2N3O4S2/c1-2-31-21(30)23(5-6-23)19-13-33-22(27-19)34-14-20(29)26-10-16-12-28(7-8-32-16)11-15-3-4-17(24)18(25)9-15/h3-4,9,13,16H,2,5-8,10-12,14H2,1H3,(H,26,29). The Morgan fingerprint density at radius 3 is 2.91 bits per heavy atom. The number of amides is 1. The molecule has 1 aliphatic carbocycles. The van der Waals surface area contributed by atoms with Crippen LogP contribution in [-0.2, 0) is 31.0 Å². The summed E-state index contributed by atoms with van der Waals surface area (Å²) in [4.78, 5) is 31.5. The first-order chi connectivity index (χ1) is 16.4. The Hall–Kier alpha value is -1.36. The monoisotopic (exact) mass is 543 g/mol. The highest BCUT2D eigenvalue weighted by atomic mass is 35.5. The minimum absolute atomic E-state index is 0.0708. The molecule has 2 aromatic rings. The summed E-state index contributed by atoms with van der Waals surface area (Å²) in [7, 11) is 0. The first kappa shape index (κ1) is 25.7. The van der Waals surface area contributed by atoms with Crippen molar-refractivity contribution < 1.29 is 19.1 Å². The van der Waals surface area contributed by atoms with Crippen LogP contribution in [0.25, 0.3) is 0 Å². The maximum atomic E-state index is 12.4. The van der Waals surface area contributed by atoms with Gasteiger partial charge in [-0.25, -0.2) is 4.98 Å². The van der Waals surface area contributed by atoms with Gasteiger partial charge in [-0.1, -0.05) is 41.0 Å². The second-order valence-corrected chi connectivity index (χ2v) is 11.3. The number of nitrogens with one attached hydrogen (secondary N) is 1. The maximum absolute atomic E-state index is 12.4. The van der Waals surface area contributed by atoms with Crippen LogP contribution in [0, 0.1) is 0 Å². The van der Waals surface area contributed by atoms with Gasteiger partial charge in [0.1, 0.15) is 5.41 Å². The van der Waals surface area contributed by atoms with Crippen molar-refractivity contribution in [3.8, 4) is 0 Å². The lowest BCUT2D eigenvalue weighted by Gasteiger charge is -2.33. The SMILES string of the molecule is CCOC(=O)C1(c2csc(SCC(=O)NCC3CN(Cc4ccc(Cl)c(Cl)c4)CCO3)n2)CC1. The molecule has 1 aromatic carbocycles. The quantitative estimate of drug-likeness (QED) is 0.356. The van der Waals surface area contributed by atoms with Gasteiger partial charge in [0.25, 0.3) is 0 Å². The lowest BCUT2D eigenvalue weighted by molar-refractivity contribution is -0.146. The summed E-state index contributed by atoms with van der Waals surface area (Å²) in [5.74, 6) is -0.00670. The smallest absolute Gasteiger partial charge is 0.318 e. The topological polar surface area (TPSA) is 80.8 Å². The number of carbonyl (C=O) groups excluding carboxylic acids is 2. The molecule has 2 fully saturated rings. The van der Waals surface area contributed by atoms with Gasteiger partial charge in [0, 0.05) is 31.6 Å². The van der Waals surface area contributed by atoms with E-state index in [0.717, 1.165) is 48.1 Å². The lowest BCUT2D eigenvalue weighted by atomic mass is 10.0. The fourth-order valence-electron chi connectivity index (χ4n) is 3.85. The van der Waals surface area contributed by atoms with E-state index in [1.54, 1.807) is 6.92 Å². The van der Waals surface area contributed by atoms with Crippen molar-refractivity contribution in [1.29, 1.82) is 0 Å². The highest BCUT2D eigenvalue weighted by Gasteiger charge is 2.54. The number of carbonyl (C=O) groups is 2. The van der Waals surface area contributed by atoms with E-state index in [1.165, 1.54) is 23.1 Å². The number of aromatic nitrogens is 1. The summed E-state index contributed by atoms with van der Waals surface area (Å²) in [6.45, 7) is 5.53. The summed E-state index contributed by atoms with van der Waals surface area (Å²) < 4.78 is 11.8. The number of ether oxygens (including phenoxy) is 2. The minimum Gasteiger partial charge on any atom is -0.465 e. The molecule has 1 saturated carbocycles. The molecule has 1 unspecified atom stereocenters. The van der Waals surface area contributed by atoms with Crippen LogP contribution in [0.3, 0.4) is 0 Å². The number of thiazole rings is 1. The van der Waals surface area contributed by atoms with Gasteiger partial charge in [-0.05, 0) is 37.5 Å². The van der Waals surface area contributed by atoms with Gasteiger partial charge in [0.15, 0.2) is 4.34 Å². The van der Waals surface area contributed by atoms with Gasteiger partial charge in [0.05, 0.1) is 40.8 Å². The largest absolute Gasteiger partial charge is 0.465 e. The Kier molecular flexibility index (Phi) is 8.76. The van der Waals surface area contributed by atoms with Crippen molar-refractivity contribution >= 4 is 58.2 Å². The summed E-state index contributed by atoms with van der Waals surface area (Å²) in [6.07, 6.45) is 1.46. The van der Waals surface area contributed by atoms with E-state index in [1.807, 2.05) is 23.6 Å². The Balaban J connectivity index is 1.20. The van der Waals surface area contributed by atoms with Crippen molar-refractivity contribution in [2.24, 2.45) is 0 Å². The molecule has 0 spiro atoms. The van der Waals surface area contributed by atoms with Crippen LogP contribution in [0.5, 0.6) is 0 Å². The van der Waals surface area contributed by atoms with Crippen LogP contribution in [-0.4, -0.2) is 66.5 Å². The number of nitrogens with zero attached hydrogens (tertiary/aromatic N) is 2. The van der Waals surface area contributed by atoms with E-state index >= 15 is 0 Å². The molecule has 0 radical (unpaired) electrons. The molecule has 1 saturated heterocycles. The second kappa shape index (κ2) is 11.6. The zero-order valence-corrected chi connectivity index (χ0v) is 22.0. The van der Waals surface area contributed by atoms with Crippen molar-refractivity contribution in [2.75, 3.05) is 38.6 Å². The van der Waals surface area contributed by atoms with Crippen LogP contribution in [0.4, 0.5) is 0 Å². The van der Waals surface area contributed by atoms with Crippen LogP contribution in [0.15, 0.2) is 27.9 Å². The van der Waals surface area contributed by atoms with Crippen LogP contribution < -0.4 is 5.32 Å². The van der Waals surface area contributed by atoms with E-state index in [2.05, 4.69) is 15.2 Å². The Bertz CT molecular complexity index is 1030. The van der Waals surface area contributed by atoms with E-state index in [0.29, 0.717) is 29.8 Å². The van der Waals surface area contributed by atoms with Crippen LogP contribution in [0.1, 0.15) is 31.0 Å². The number of morpholine rings is 1. The Labute approximate surface area is 217 Å². The lowest BCUT2D eigenvalue weighted by Crippen LogP contribution is -2.47. The Morgan fingerprint density at radius 2 is 2.18 bits per heavy atom. The molecule has 4 rings (SSSR count). The zero-order chi connectivity index (χ0) is 24.1. The molecule has 1 aromatic heterocycles. The van der Waals surface area contributed by atoms with Gasteiger partial charge in [-0.2, -0.15) is 0 Å². The summed E-state index contributed by atoms with van der Waals surface area (Å²) >= 11 is 15.0. The third-order valence-electron chi connectivity index (χ3n) is 5.86. The number of halogens is 2. The van der Waals surface area contributed by atoms with Gasteiger partial charge in [-0.15, -0.1) is 11.3 Å². The average molecular weight is 545 g/mol. The fraction of sp³-hybridized carbons (Fsp3) is 0.522. The van der Waals surface area contributed by atoms with Gasteiger partial charge < -0.3 is 14.8 Å². The number of esters is 1. The number of hydrogen-bond donors (Lipinski definition) is 1. The van der Waals surface area contributed by atoms with Crippen molar-refractivity contribution in [3.05, 3.63) is 44.9 Å². The highest BCUT2D eigenvalue weighted by Crippen LogP contribution is 2.49.